The molecule has 0 bridgehead atoms. The Hall–Kier alpha value is -2.91. The molecular formula is C16H12F4N2O4. The Balaban J connectivity index is 2.33. The number of nitrogens with one attached hydrogen (secondary N) is 1. The largest absolute Gasteiger partial charge is 0.478 e. The van der Waals surface area contributed by atoms with E-state index < -0.39 is 53.1 Å². The molecule has 2 aliphatic rings. The van der Waals surface area contributed by atoms with Gasteiger partial charge in [-0.2, -0.15) is 0 Å². The van der Waals surface area contributed by atoms with Crippen molar-refractivity contribution in [3.63, 3.8) is 0 Å². The van der Waals surface area contributed by atoms with Crippen LogP contribution >= 0.6 is 0 Å². The first-order chi connectivity index (χ1) is 12.2. The van der Waals surface area contributed by atoms with Crippen LogP contribution < -0.4 is 5.32 Å². The number of cyclic esters (lactones) is 1. The number of aliphatic carboxylic acids is 1. The van der Waals surface area contributed by atoms with E-state index in [4.69, 9.17) is 4.74 Å². The minimum absolute atomic E-state index is 0.0676. The third-order valence-corrected chi connectivity index (χ3v) is 4.17. The number of pyridine rings is 1. The van der Waals surface area contributed by atoms with Crippen molar-refractivity contribution in [1.29, 1.82) is 0 Å². The SMILES string of the molecule is C[C@@H](F)c1c(F)cncc1C1C2=C(COC2=O)NC(C(F)F)=C1C(=O)O. The maximum atomic E-state index is 14.1. The maximum Gasteiger partial charge on any atom is 0.337 e. The van der Waals surface area contributed by atoms with Gasteiger partial charge in [0.2, 0.25) is 0 Å². The first-order valence-corrected chi connectivity index (χ1v) is 7.44. The smallest absolute Gasteiger partial charge is 0.337 e. The van der Waals surface area contributed by atoms with Gasteiger partial charge >= 0.3 is 11.9 Å². The van der Waals surface area contributed by atoms with E-state index in [0.717, 1.165) is 19.3 Å². The topological polar surface area (TPSA) is 88.5 Å². The number of carboxylic acid groups (broad SMARTS) is 1. The molecule has 1 aromatic heterocycles. The van der Waals surface area contributed by atoms with Crippen molar-refractivity contribution in [2.75, 3.05) is 6.61 Å². The minimum Gasteiger partial charge on any atom is -0.478 e. The number of esters is 1. The summed E-state index contributed by atoms with van der Waals surface area (Å²) >= 11 is 0. The standard InChI is InChI=1S/C16H12F4N2O4/c1-5(17)9-6(2-21-3-7(9)18)10-11-8(4-26-16(11)25)22-13(14(19)20)12(10)15(23)24/h2-3,5,10,14,22H,4H2,1H3,(H,23,24)/t5-,10?/m1/s1. The lowest BCUT2D eigenvalue weighted by atomic mass is 9.79. The summed E-state index contributed by atoms with van der Waals surface area (Å²) in [6.45, 7) is 0.625. The molecule has 6 nitrogen and oxygen atoms in total. The zero-order chi connectivity index (χ0) is 19.2. The normalized spacial score (nSPS) is 20.8. The number of nitrogens with zero attached hydrogens (tertiary/aromatic N) is 1. The Morgan fingerprint density at radius 3 is 2.65 bits per heavy atom. The van der Waals surface area contributed by atoms with Crippen molar-refractivity contribution in [3.05, 3.63) is 51.9 Å². The zero-order valence-electron chi connectivity index (χ0n) is 13.2. The van der Waals surface area contributed by atoms with Crippen LogP contribution in [0.4, 0.5) is 17.6 Å². The van der Waals surface area contributed by atoms with E-state index in [1.54, 1.807) is 0 Å². The van der Waals surface area contributed by atoms with E-state index in [1.807, 2.05) is 0 Å². The number of carboxylic acids is 1. The van der Waals surface area contributed by atoms with Gasteiger partial charge in [-0.05, 0) is 12.5 Å². The Bertz CT molecular complexity index is 864. The molecule has 2 atom stereocenters. The van der Waals surface area contributed by atoms with Crippen LogP contribution in [0.1, 0.15) is 30.1 Å². The van der Waals surface area contributed by atoms with Gasteiger partial charge in [0.1, 0.15) is 18.6 Å². The Kier molecular flexibility index (Phi) is 4.43. The molecule has 3 rings (SSSR count). The van der Waals surface area contributed by atoms with Crippen LogP contribution in [-0.2, 0) is 14.3 Å². The number of carbonyl (C=O) groups excluding carboxylic acids is 1. The molecule has 1 aromatic rings. The zero-order valence-corrected chi connectivity index (χ0v) is 13.2. The molecule has 0 spiro atoms. The van der Waals surface area contributed by atoms with Crippen molar-refractivity contribution >= 4 is 11.9 Å². The predicted octanol–water partition coefficient (Wildman–Crippen LogP) is 2.35. The Labute approximate surface area is 144 Å². The highest BCUT2D eigenvalue weighted by molar-refractivity contribution is 6.00. The van der Waals surface area contributed by atoms with Gasteiger partial charge in [0.05, 0.1) is 34.7 Å². The summed E-state index contributed by atoms with van der Waals surface area (Å²) in [6.07, 6.45) is -3.43. The second-order valence-electron chi connectivity index (χ2n) is 5.70. The van der Waals surface area contributed by atoms with Crippen LogP contribution in [0.5, 0.6) is 0 Å². The van der Waals surface area contributed by atoms with E-state index >= 15 is 0 Å². The number of halogens is 4. The molecule has 0 aromatic carbocycles. The summed E-state index contributed by atoms with van der Waals surface area (Å²) in [6, 6.07) is 0. The average molecular weight is 372 g/mol. The summed E-state index contributed by atoms with van der Waals surface area (Å²) < 4.78 is 59.8. The molecule has 0 fully saturated rings. The monoisotopic (exact) mass is 372 g/mol. The van der Waals surface area contributed by atoms with Crippen LogP contribution in [-0.4, -0.2) is 35.1 Å². The molecule has 1 unspecified atom stereocenters. The Morgan fingerprint density at radius 1 is 1.38 bits per heavy atom. The summed E-state index contributed by atoms with van der Waals surface area (Å²) in [5, 5.41) is 11.7. The van der Waals surface area contributed by atoms with Gasteiger partial charge in [-0.15, -0.1) is 0 Å². The molecule has 26 heavy (non-hydrogen) atoms. The number of allylic oxidation sites excluding steroid dienone is 1. The van der Waals surface area contributed by atoms with Gasteiger partial charge in [0.15, 0.2) is 0 Å². The van der Waals surface area contributed by atoms with Crippen LogP contribution in [0.3, 0.4) is 0 Å². The lowest BCUT2D eigenvalue weighted by Crippen LogP contribution is -2.33. The molecule has 0 saturated heterocycles. The van der Waals surface area contributed by atoms with Crippen LogP contribution in [0, 0.1) is 5.82 Å². The first-order valence-electron chi connectivity index (χ1n) is 7.44. The van der Waals surface area contributed by atoms with E-state index in [1.165, 1.54) is 0 Å². The molecule has 138 valence electrons. The van der Waals surface area contributed by atoms with Gasteiger partial charge in [-0.1, -0.05) is 0 Å². The number of ether oxygens (including phenoxy) is 1. The third-order valence-electron chi connectivity index (χ3n) is 4.17. The fourth-order valence-electron chi connectivity index (χ4n) is 3.17. The molecular weight excluding hydrogens is 360 g/mol. The number of hydrogen-bond acceptors (Lipinski definition) is 5. The molecule has 0 aliphatic carbocycles. The highest BCUT2D eigenvalue weighted by atomic mass is 19.3. The average Bonchev–Trinajstić information content (AvgIpc) is 2.93. The van der Waals surface area contributed by atoms with Gasteiger partial charge in [0.25, 0.3) is 6.43 Å². The van der Waals surface area contributed by atoms with Crippen LogP contribution in [0.2, 0.25) is 0 Å². The van der Waals surface area contributed by atoms with Gasteiger partial charge in [0, 0.05) is 11.8 Å². The second-order valence-corrected chi connectivity index (χ2v) is 5.70. The van der Waals surface area contributed by atoms with Gasteiger partial charge < -0.3 is 15.2 Å². The fourth-order valence-corrected chi connectivity index (χ4v) is 3.17. The Morgan fingerprint density at radius 2 is 2.08 bits per heavy atom. The summed E-state index contributed by atoms with van der Waals surface area (Å²) in [5.41, 5.74) is -3.05. The quantitative estimate of drug-likeness (QED) is 0.623. The number of hydrogen-bond donors (Lipinski definition) is 2. The maximum absolute atomic E-state index is 14.1. The highest BCUT2D eigenvalue weighted by Gasteiger charge is 2.45. The summed E-state index contributed by atoms with van der Waals surface area (Å²) in [5.74, 6) is -5.43. The lowest BCUT2D eigenvalue weighted by molar-refractivity contribution is -0.136. The first kappa shape index (κ1) is 17.9. The molecule has 3 heterocycles. The molecule has 0 radical (unpaired) electrons. The van der Waals surface area contributed by atoms with Crippen molar-refractivity contribution in [2.45, 2.75) is 25.4 Å². The minimum atomic E-state index is -3.22. The lowest BCUT2D eigenvalue weighted by Gasteiger charge is -2.29. The number of aromatic nitrogens is 1. The fraction of sp³-hybridized carbons (Fsp3) is 0.312. The van der Waals surface area contributed by atoms with E-state index in [2.05, 4.69) is 10.3 Å². The summed E-state index contributed by atoms with van der Waals surface area (Å²) in [7, 11) is 0. The third kappa shape index (κ3) is 2.71. The van der Waals surface area contributed by atoms with Crippen molar-refractivity contribution < 1.29 is 37.0 Å². The van der Waals surface area contributed by atoms with E-state index in [0.29, 0.717) is 0 Å². The van der Waals surface area contributed by atoms with Gasteiger partial charge in [-0.3, -0.25) is 4.98 Å². The molecule has 10 heteroatoms. The number of carbonyl (C=O) groups is 2. The van der Waals surface area contributed by atoms with Crippen molar-refractivity contribution in [1.82, 2.24) is 10.3 Å². The molecule has 2 N–H and O–H groups in total. The number of dihydropyridines is 1. The van der Waals surface area contributed by atoms with Crippen molar-refractivity contribution in [3.8, 4) is 0 Å². The van der Waals surface area contributed by atoms with E-state index in [-0.39, 0.29) is 23.4 Å². The van der Waals surface area contributed by atoms with E-state index in [9.17, 15) is 32.3 Å². The number of alkyl halides is 3. The second kappa shape index (κ2) is 6.43. The van der Waals surface area contributed by atoms with Crippen molar-refractivity contribution in [2.24, 2.45) is 0 Å². The van der Waals surface area contributed by atoms with Crippen LogP contribution in [0.25, 0.3) is 0 Å². The molecule has 2 aliphatic heterocycles. The predicted molar refractivity (Wildman–Crippen MR) is 78.2 cm³/mol. The highest BCUT2D eigenvalue weighted by Crippen LogP contribution is 2.44. The van der Waals surface area contributed by atoms with Gasteiger partial charge in [-0.25, -0.2) is 27.2 Å². The molecule has 0 amide bonds. The van der Waals surface area contributed by atoms with Crippen LogP contribution in [0.15, 0.2) is 34.9 Å². The molecule has 0 saturated carbocycles. The number of rotatable bonds is 4. The summed E-state index contributed by atoms with van der Waals surface area (Å²) in [4.78, 5) is 27.3.